The quantitative estimate of drug-likeness (QED) is 0.247. The van der Waals surface area contributed by atoms with Gasteiger partial charge in [0.05, 0.1) is 13.7 Å². The molecule has 1 unspecified atom stereocenters. The minimum atomic E-state index is -0.875. The number of hydrogen-bond acceptors (Lipinski definition) is 8. The molecule has 1 aromatic rings. The third-order valence-electron chi connectivity index (χ3n) is 3.13. The normalized spacial score (nSPS) is 10.8. The number of carbonyl (C=O) groups is 3. The Labute approximate surface area is 162 Å². The largest absolute Gasteiger partial charge is 0.493 e. The van der Waals surface area contributed by atoms with Gasteiger partial charge in [-0.2, -0.15) is 0 Å². The molecule has 1 atom stereocenters. The fraction of sp³-hybridized carbons (Fsp3) is 0.316. The highest BCUT2D eigenvalue weighted by molar-refractivity contribution is 5.81. The van der Waals surface area contributed by atoms with Crippen molar-refractivity contribution in [3.8, 4) is 11.5 Å². The molecule has 0 aliphatic carbocycles. The van der Waals surface area contributed by atoms with Crippen LogP contribution in [0.25, 0.3) is 0 Å². The standard InChI is InChI=1S/C19H23NO8/c1-4-17(21)25-11-10-20-19(23)27-13-14(28-18(22)5-2)12-26-16-9-7-6-8-15(16)24-3/h4-9,14H,1-2,10-13H2,3H3,(H,20,23). The maximum absolute atomic E-state index is 11.7. The summed E-state index contributed by atoms with van der Waals surface area (Å²) in [7, 11) is 1.50. The minimum absolute atomic E-state index is 0.0360. The summed E-state index contributed by atoms with van der Waals surface area (Å²) >= 11 is 0. The van der Waals surface area contributed by atoms with Crippen LogP contribution in [-0.4, -0.2) is 57.6 Å². The van der Waals surface area contributed by atoms with Gasteiger partial charge in [-0.25, -0.2) is 14.4 Å². The Kier molecular flexibility index (Phi) is 10.3. The zero-order valence-corrected chi connectivity index (χ0v) is 15.6. The molecule has 0 radical (unpaired) electrons. The van der Waals surface area contributed by atoms with E-state index in [2.05, 4.69) is 18.5 Å². The number of alkyl carbamates (subject to hydrolysis) is 1. The van der Waals surface area contributed by atoms with Crippen LogP contribution in [0.4, 0.5) is 4.79 Å². The molecule has 0 aromatic heterocycles. The second-order valence-electron chi connectivity index (χ2n) is 5.12. The van der Waals surface area contributed by atoms with Crippen molar-refractivity contribution in [1.29, 1.82) is 0 Å². The lowest BCUT2D eigenvalue weighted by molar-refractivity contribution is -0.146. The Morgan fingerprint density at radius 3 is 2.36 bits per heavy atom. The summed E-state index contributed by atoms with van der Waals surface area (Å²) in [6.07, 6.45) is 0.356. The van der Waals surface area contributed by atoms with Crippen LogP contribution < -0.4 is 14.8 Å². The Morgan fingerprint density at radius 1 is 1.04 bits per heavy atom. The van der Waals surface area contributed by atoms with Gasteiger partial charge in [0.15, 0.2) is 17.6 Å². The average molecular weight is 393 g/mol. The predicted molar refractivity (Wildman–Crippen MR) is 99.1 cm³/mol. The summed E-state index contributed by atoms with van der Waals surface area (Å²) in [5.74, 6) is -0.337. The molecule has 0 saturated carbocycles. The zero-order valence-electron chi connectivity index (χ0n) is 15.6. The van der Waals surface area contributed by atoms with E-state index in [1.807, 2.05) is 0 Å². The first-order valence-electron chi connectivity index (χ1n) is 8.28. The van der Waals surface area contributed by atoms with E-state index in [1.54, 1.807) is 24.3 Å². The maximum atomic E-state index is 11.7. The lowest BCUT2D eigenvalue weighted by Crippen LogP contribution is -2.34. The Hall–Kier alpha value is -3.49. The van der Waals surface area contributed by atoms with E-state index < -0.39 is 24.1 Å². The van der Waals surface area contributed by atoms with Crippen LogP contribution in [0.15, 0.2) is 49.6 Å². The zero-order chi connectivity index (χ0) is 20.8. The van der Waals surface area contributed by atoms with Gasteiger partial charge in [0, 0.05) is 12.2 Å². The molecule has 152 valence electrons. The number of benzene rings is 1. The van der Waals surface area contributed by atoms with Gasteiger partial charge in [-0.05, 0) is 12.1 Å². The first-order valence-corrected chi connectivity index (χ1v) is 8.28. The smallest absolute Gasteiger partial charge is 0.407 e. The number of ether oxygens (including phenoxy) is 5. The van der Waals surface area contributed by atoms with Gasteiger partial charge in [-0.3, -0.25) is 0 Å². The molecule has 1 amide bonds. The maximum Gasteiger partial charge on any atom is 0.407 e. The summed E-state index contributed by atoms with van der Waals surface area (Å²) in [5, 5.41) is 2.38. The molecule has 0 aliphatic rings. The average Bonchev–Trinajstić information content (AvgIpc) is 2.72. The van der Waals surface area contributed by atoms with E-state index >= 15 is 0 Å². The molecule has 0 saturated heterocycles. The van der Waals surface area contributed by atoms with Gasteiger partial charge in [0.1, 0.15) is 19.8 Å². The molecule has 0 heterocycles. The van der Waals surface area contributed by atoms with Crippen molar-refractivity contribution in [1.82, 2.24) is 5.32 Å². The highest BCUT2D eigenvalue weighted by Gasteiger charge is 2.18. The number of rotatable bonds is 12. The SMILES string of the molecule is C=CC(=O)OCCNC(=O)OCC(COc1ccccc1OC)OC(=O)C=C. The summed E-state index contributed by atoms with van der Waals surface area (Å²) in [5.41, 5.74) is 0. The molecule has 9 nitrogen and oxygen atoms in total. The van der Waals surface area contributed by atoms with Crippen LogP contribution in [-0.2, 0) is 23.8 Å². The van der Waals surface area contributed by atoms with Crippen molar-refractivity contribution >= 4 is 18.0 Å². The monoisotopic (exact) mass is 393 g/mol. The van der Waals surface area contributed by atoms with Crippen LogP contribution in [0, 0.1) is 0 Å². The van der Waals surface area contributed by atoms with E-state index in [4.69, 9.17) is 23.7 Å². The van der Waals surface area contributed by atoms with Gasteiger partial charge in [0.2, 0.25) is 0 Å². The number of esters is 2. The van der Waals surface area contributed by atoms with Gasteiger partial charge in [0.25, 0.3) is 0 Å². The van der Waals surface area contributed by atoms with Crippen molar-refractivity contribution in [2.45, 2.75) is 6.10 Å². The molecule has 0 spiro atoms. The molecule has 0 bridgehead atoms. The Morgan fingerprint density at radius 2 is 1.71 bits per heavy atom. The molecule has 0 fully saturated rings. The van der Waals surface area contributed by atoms with Crippen LogP contribution in [0.1, 0.15) is 0 Å². The molecule has 1 aromatic carbocycles. The van der Waals surface area contributed by atoms with E-state index in [-0.39, 0.29) is 26.4 Å². The Balaban J connectivity index is 2.49. The second-order valence-corrected chi connectivity index (χ2v) is 5.12. The molecular weight excluding hydrogens is 370 g/mol. The number of nitrogens with one attached hydrogen (secondary N) is 1. The fourth-order valence-electron chi connectivity index (χ4n) is 1.83. The Bertz CT molecular complexity index is 688. The minimum Gasteiger partial charge on any atom is -0.493 e. The molecule has 1 rings (SSSR count). The lowest BCUT2D eigenvalue weighted by Gasteiger charge is -2.19. The summed E-state index contributed by atoms with van der Waals surface area (Å²) < 4.78 is 25.6. The van der Waals surface area contributed by atoms with Gasteiger partial charge in [-0.1, -0.05) is 25.3 Å². The van der Waals surface area contributed by atoms with E-state index in [1.165, 1.54) is 7.11 Å². The molecule has 28 heavy (non-hydrogen) atoms. The van der Waals surface area contributed by atoms with Crippen molar-refractivity contribution < 1.29 is 38.1 Å². The summed E-state index contributed by atoms with van der Waals surface area (Å²) in [4.78, 5) is 34.0. The van der Waals surface area contributed by atoms with Crippen LogP contribution in [0.5, 0.6) is 11.5 Å². The van der Waals surface area contributed by atoms with Crippen molar-refractivity contribution in [2.24, 2.45) is 0 Å². The van der Waals surface area contributed by atoms with Gasteiger partial charge < -0.3 is 29.0 Å². The van der Waals surface area contributed by atoms with Crippen molar-refractivity contribution in [3.05, 3.63) is 49.6 Å². The molecule has 1 N–H and O–H groups in total. The third kappa shape index (κ3) is 8.75. The number of hydrogen-bond donors (Lipinski definition) is 1. The summed E-state index contributed by atoms with van der Waals surface area (Å²) in [6.45, 7) is 6.25. The van der Waals surface area contributed by atoms with Crippen LogP contribution in [0.3, 0.4) is 0 Å². The predicted octanol–water partition coefficient (Wildman–Crippen LogP) is 1.63. The highest BCUT2D eigenvalue weighted by atomic mass is 16.6. The van der Waals surface area contributed by atoms with Crippen molar-refractivity contribution in [3.63, 3.8) is 0 Å². The first kappa shape index (κ1) is 22.6. The first-order chi connectivity index (χ1) is 13.5. The van der Waals surface area contributed by atoms with Crippen LogP contribution >= 0.6 is 0 Å². The second kappa shape index (κ2) is 12.8. The van der Waals surface area contributed by atoms with Crippen molar-refractivity contribution in [2.75, 3.05) is 33.5 Å². The molecular formula is C19H23NO8. The number of carbonyl (C=O) groups excluding carboxylic acids is 3. The van der Waals surface area contributed by atoms with E-state index in [0.29, 0.717) is 11.5 Å². The number of methoxy groups -OCH3 is 1. The summed E-state index contributed by atoms with van der Waals surface area (Å²) in [6, 6.07) is 6.93. The lowest BCUT2D eigenvalue weighted by atomic mass is 10.3. The topological polar surface area (TPSA) is 109 Å². The fourth-order valence-corrected chi connectivity index (χ4v) is 1.83. The van der Waals surface area contributed by atoms with Crippen LogP contribution in [0.2, 0.25) is 0 Å². The van der Waals surface area contributed by atoms with Gasteiger partial charge >= 0.3 is 18.0 Å². The van der Waals surface area contributed by atoms with E-state index in [0.717, 1.165) is 12.2 Å². The highest BCUT2D eigenvalue weighted by Crippen LogP contribution is 2.25. The van der Waals surface area contributed by atoms with E-state index in [9.17, 15) is 14.4 Å². The third-order valence-corrected chi connectivity index (χ3v) is 3.13. The number of amides is 1. The molecule has 0 aliphatic heterocycles. The van der Waals surface area contributed by atoms with Gasteiger partial charge in [-0.15, -0.1) is 0 Å². The molecule has 9 heteroatoms. The number of para-hydroxylation sites is 2.